The van der Waals surface area contributed by atoms with Crippen LogP contribution < -0.4 is 4.90 Å². The van der Waals surface area contributed by atoms with E-state index in [1.165, 1.54) is 25.0 Å². The van der Waals surface area contributed by atoms with E-state index < -0.39 is 0 Å². The maximum absolute atomic E-state index is 12.7. The Kier molecular flexibility index (Phi) is 4.61. The van der Waals surface area contributed by atoms with E-state index in [0.29, 0.717) is 11.5 Å². The highest BCUT2D eigenvalue weighted by molar-refractivity contribution is 5.93. The van der Waals surface area contributed by atoms with Crippen molar-refractivity contribution in [2.75, 3.05) is 25.0 Å². The number of rotatable bonds is 4. The third kappa shape index (κ3) is 3.30. The number of nitrogens with zero attached hydrogens (tertiary/aromatic N) is 6. The molecule has 2 aliphatic rings. The summed E-state index contributed by atoms with van der Waals surface area (Å²) in [5.41, 5.74) is 1.81. The van der Waals surface area contributed by atoms with Gasteiger partial charge >= 0.3 is 0 Å². The predicted octanol–water partition coefficient (Wildman–Crippen LogP) is 2.22. The molecule has 1 amide bonds. The van der Waals surface area contributed by atoms with E-state index in [1.807, 2.05) is 19.0 Å². The van der Waals surface area contributed by atoms with Crippen molar-refractivity contribution in [3.05, 3.63) is 36.0 Å². The van der Waals surface area contributed by atoms with Gasteiger partial charge in [-0.3, -0.25) is 9.48 Å². The molecule has 3 heterocycles. The molecular formula is C19H26N6O. The van der Waals surface area contributed by atoms with Crippen molar-refractivity contribution in [2.24, 2.45) is 7.05 Å². The molecule has 7 nitrogen and oxygen atoms in total. The first-order chi connectivity index (χ1) is 12.6. The van der Waals surface area contributed by atoms with Crippen molar-refractivity contribution in [3.8, 4) is 0 Å². The molecule has 1 atom stereocenters. The molecule has 4 rings (SSSR count). The molecule has 0 radical (unpaired) electrons. The Morgan fingerprint density at radius 3 is 2.77 bits per heavy atom. The van der Waals surface area contributed by atoms with E-state index in [9.17, 15) is 4.79 Å². The van der Waals surface area contributed by atoms with Gasteiger partial charge in [-0.2, -0.15) is 5.10 Å². The molecule has 138 valence electrons. The van der Waals surface area contributed by atoms with E-state index in [-0.39, 0.29) is 11.9 Å². The van der Waals surface area contributed by atoms with Crippen LogP contribution in [0.1, 0.15) is 54.1 Å². The average Bonchev–Trinajstić information content (AvgIpc) is 3.06. The summed E-state index contributed by atoms with van der Waals surface area (Å²) in [7, 11) is 3.72. The number of hydrogen-bond acceptors (Lipinski definition) is 5. The van der Waals surface area contributed by atoms with Crippen LogP contribution in [-0.2, 0) is 7.05 Å². The minimum absolute atomic E-state index is 0.0304. The molecule has 2 aromatic heterocycles. The van der Waals surface area contributed by atoms with Gasteiger partial charge < -0.3 is 9.80 Å². The summed E-state index contributed by atoms with van der Waals surface area (Å²) in [6.07, 6.45) is 10.9. The van der Waals surface area contributed by atoms with Crippen LogP contribution in [-0.4, -0.2) is 56.7 Å². The third-order valence-corrected chi connectivity index (χ3v) is 5.74. The molecule has 0 aromatic carbocycles. The Bertz CT molecular complexity index is 784. The quantitative estimate of drug-likeness (QED) is 0.842. The number of aryl methyl sites for hydroxylation is 1. The van der Waals surface area contributed by atoms with E-state index in [1.54, 1.807) is 23.4 Å². The first kappa shape index (κ1) is 17.0. The predicted molar refractivity (Wildman–Crippen MR) is 99.2 cm³/mol. The Hall–Kier alpha value is -2.44. The van der Waals surface area contributed by atoms with Crippen LogP contribution in [0.25, 0.3) is 0 Å². The van der Waals surface area contributed by atoms with Gasteiger partial charge in [0.05, 0.1) is 11.8 Å². The molecule has 1 saturated heterocycles. The van der Waals surface area contributed by atoms with Crippen LogP contribution >= 0.6 is 0 Å². The van der Waals surface area contributed by atoms with Gasteiger partial charge in [0.2, 0.25) is 0 Å². The number of carbonyl (C=O) groups is 1. The summed E-state index contributed by atoms with van der Waals surface area (Å²) < 4.78 is 1.66. The second-order valence-electron chi connectivity index (χ2n) is 7.49. The number of carbonyl (C=O) groups excluding carboxylic acids is 1. The first-order valence-corrected chi connectivity index (χ1v) is 9.44. The van der Waals surface area contributed by atoms with Crippen LogP contribution in [0.3, 0.4) is 0 Å². The lowest BCUT2D eigenvalue weighted by Crippen LogP contribution is -2.48. The molecule has 1 unspecified atom stereocenters. The minimum atomic E-state index is 0.0304. The van der Waals surface area contributed by atoms with Crippen molar-refractivity contribution in [3.63, 3.8) is 0 Å². The fourth-order valence-corrected chi connectivity index (χ4v) is 3.84. The van der Waals surface area contributed by atoms with Crippen LogP contribution in [0.4, 0.5) is 5.82 Å². The van der Waals surface area contributed by atoms with Gasteiger partial charge in [0.1, 0.15) is 12.1 Å². The lowest BCUT2D eigenvalue weighted by Gasteiger charge is -2.38. The van der Waals surface area contributed by atoms with E-state index in [2.05, 4.69) is 26.0 Å². The number of hydrogen-bond donors (Lipinski definition) is 0. The Morgan fingerprint density at radius 2 is 2.08 bits per heavy atom. The fourth-order valence-electron chi connectivity index (χ4n) is 3.84. The summed E-state index contributed by atoms with van der Waals surface area (Å²) in [5, 5.41) is 4.11. The number of amides is 1. The number of anilines is 1. The zero-order valence-electron chi connectivity index (χ0n) is 15.5. The number of aromatic nitrogens is 4. The van der Waals surface area contributed by atoms with Gasteiger partial charge in [0, 0.05) is 57.1 Å². The van der Waals surface area contributed by atoms with Gasteiger partial charge in [-0.05, 0) is 25.7 Å². The molecule has 1 saturated carbocycles. The van der Waals surface area contributed by atoms with Gasteiger partial charge in [0.25, 0.3) is 5.91 Å². The normalized spacial score (nSPS) is 20.7. The molecule has 2 fully saturated rings. The van der Waals surface area contributed by atoms with Gasteiger partial charge in [0.15, 0.2) is 0 Å². The maximum Gasteiger partial charge on any atom is 0.257 e. The molecule has 0 N–H and O–H groups in total. The van der Waals surface area contributed by atoms with E-state index in [0.717, 1.165) is 31.7 Å². The number of piperidine rings is 1. The van der Waals surface area contributed by atoms with E-state index >= 15 is 0 Å². The summed E-state index contributed by atoms with van der Waals surface area (Å²) >= 11 is 0. The molecule has 0 bridgehead atoms. The van der Waals surface area contributed by atoms with E-state index in [4.69, 9.17) is 0 Å². The monoisotopic (exact) mass is 354 g/mol. The Morgan fingerprint density at radius 1 is 1.23 bits per heavy atom. The largest absolute Gasteiger partial charge is 0.354 e. The second kappa shape index (κ2) is 7.05. The molecule has 26 heavy (non-hydrogen) atoms. The lowest BCUT2D eigenvalue weighted by atomic mass is 9.83. The number of likely N-dealkylation sites (N-methyl/N-ethyl adjacent to an activating group) is 1. The SMILES string of the molecule is CN(C(=O)c1cnn(C)c1)C1CCCN(c2cc(C3CCC3)ncn2)C1. The molecule has 2 aromatic rings. The summed E-state index contributed by atoms with van der Waals surface area (Å²) in [5.74, 6) is 1.63. The van der Waals surface area contributed by atoms with Crippen LogP contribution in [0.5, 0.6) is 0 Å². The highest BCUT2D eigenvalue weighted by Gasteiger charge is 2.29. The van der Waals surface area contributed by atoms with Crippen molar-refractivity contribution in [1.29, 1.82) is 0 Å². The zero-order chi connectivity index (χ0) is 18.1. The molecule has 1 aliphatic carbocycles. The molecule has 0 spiro atoms. The standard InChI is InChI=1S/C19H26N6O/c1-23-11-15(10-22-23)19(26)24(2)16-7-4-8-25(12-16)18-9-17(20-13-21-18)14-5-3-6-14/h9-11,13-14,16H,3-8,12H2,1-2H3. The summed E-state index contributed by atoms with van der Waals surface area (Å²) in [6.45, 7) is 1.79. The van der Waals surface area contributed by atoms with Crippen molar-refractivity contribution < 1.29 is 4.79 Å². The van der Waals surface area contributed by atoms with Gasteiger partial charge in [-0.15, -0.1) is 0 Å². The Balaban J connectivity index is 1.46. The summed E-state index contributed by atoms with van der Waals surface area (Å²) in [6, 6.07) is 2.33. The second-order valence-corrected chi connectivity index (χ2v) is 7.49. The highest BCUT2D eigenvalue weighted by atomic mass is 16.2. The van der Waals surface area contributed by atoms with Crippen LogP contribution in [0.2, 0.25) is 0 Å². The lowest BCUT2D eigenvalue weighted by molar-refractivity contribution is 0.0717. The smallest absolute Gasteiger partial charge is 0.257 e. The average molecular weight is 354 g/mol. The summed E-state index contributed by atoms with van der Waals surface area (Å²) in [4.78, 5) is 25.8. The first-order valence-electron chi connectivity index (χ1n) is 9.44. The highest BCUT2D eigenvalue weighted by Crippen LogP contribution is 2.36. The van der Waals surface area contributed by atoms with Crippen molar-refractivity contribution in [2.45, 2.75) is 44.1 Å². The van der Waals surface area contributed by atoms with Crippen molar-refractivity contribution in [1.82, 2.24) is 24.6 Å². The zero-order valence-corrected chi connectivity index (χ0v) is 15.5. The molecular weight excluding hydrogens is 328 g/mol. The van der Waals surface area contributed by atoms with Crippen LogP contribution in [0.15, 0.2) is 24.8 Å². The van der Waals surface area contributed by atoms with Crippen LogP contribution in [0, 0.1) is 0 Å². The molecule has 1 aliphatic heterocycles. The molecule has 7 heteroatoms. The Labute approximate surface area is 154 Å². The van der Waals surface area contributed by atoms with Gasteiger partial charge in [-0.25, -0.2) is 9.97 Å². The van der Waals surface area contributed by atoms with Gasteiger partial charge in [-0.1, -0.05) is 6.42 Å². The third-order valence-electron chi connectivity index (χ3n) is 5.74. The fraction of sp³-hybridized carbons (Fsp3) is 0.579. The minimum Gasteiger partial charge on any atom is -0.354 e. The topological polar surface area (TPSA) is 67.2 Å². The van der Waals surface area contributed by atoms with Crippen molar-refractivity contribution >= 4 is 11.7 Å². The maximum atomic E-state index is 12.7.